The van der Waals surface area contributed by atoms with E-state index in [1.54, 1.807) is 6.92 Å². The lowest BCUT2D eigenvalue weighted by atomic mass is 10.0. The normalized spacial score (nSPS) is 20.9. The lowest BCUT2D eigenvalue weighted by molar-refractivity contribution is -0.140. The minimum atomic E-state index is -0.456. The fourth-order valence-corrected chi connectivity index (χ4v) is 5.00. The van der Waals surface area contributed by atoms with Gasteiger partial charge in [-0.2, -0.15) is 11.8 Å². The van der Waals surface area contributed by atoms with Crippen LogP contribution in [-0.2, 0) is 19.1 Å². The van der Waals surface area contributed by atoms with E-state index in [-0.39, 0.29) is 43.3 Å². The minimum absolute atomic E-state index is 0.0363. The van der Waals surface area contributed by atoms with Crippen LogP contribution in [0.4, 0.5) is 9.59 Å². The Kier molecular flexibility index (Phi) is 11.9. The average Bonchev–Trinajstić information content (AvgIpc) is 3.32. The van der Waals surface area contributed by atoms with Gasteiger partial charge in [0.15, 0.2) is 0 Å². The summed E-state index contributed by atoms with van der Waals surface area (Å²) in [6, 6.07) is 0.00402. The molecule has 3 unspecified atom stereocenters. The van der Waals surface area contributed by atoms with E-state index in [0.717, 1.165) is 25.0 Å². The van der Waals surface area contributed by atoms with Crippen LogP contribution >= 0.6 is 11.8 Å². The maximum absolute atomic E-state index is 11.9. The van der Waals surface area contributed by atoms with E-state index in [1.807, 2.05) is 11.8 Å². The Bertz CT molecular complexity index is 707. The van der Waals surface area contributed by atoms with Crippen molar-refractivity contribution >= 4 is 35.7 Å². The Morgan fingerprint density at radius 1 is 1.06 bits per heavy atom. The van der Waals surface area contributed by atoms with Gasteiger partial charge in [-0.1, -0.05) is 13.0 Å². The van der Waals surface area contributed by atoms with Crippen molar-refractivity contribution in [3.8, 4) is 0 Å². The molecule has 0 aromatic carbocycles. The number of unbranched alkanes of at least 4 members (excludes halogenated alkanes) is 1. The lowest BCUT2D eigenvalue weighted by Gasteiger charge is -2.16. The Morgan fingerprint density at radius 3 is 2.61 bits per heavy atom. The molecule has 11 nitrogen and oxygen atoms in total. The summed E-state index contributed by atoms with van der Waals surface area (Å²) < 4.78 is 10.1. The van der Waals surface area contributed by atoms with Gasteiger partial charge in [0.1, 0.15) is 6.61 Å². The Hall–Kier alpha value is -2.47. The molecule has 2 heterocycles. The van der Waals surface area contributed by atoms with Gasteiger partial charge < -0.3 is 36.1 Å². The first-order valence-electron chi connectivity index (χ1n) is 11.2. The summed E-state index contributed by atoms with van der Waals surface area (Å²) in [5.41, 5.74) is 0.334. The highest BCUT2D eigenvalue weighted by atomic mass is 32.2. The molecule has 2 fully saturated rings. The van der Waals surface area contributed by atoms with Crippen LogP contribution in [0.1, 0.15) is 32.6 Å². The van der Waals surface area contributed by atoms with Gasteiger partial charge in [-0.3, -0.25) is 4.79 Å². The summed E-state index contributed by atoms with van der Waals surface area (Å²) in [6.07, 6.45) is 3.15. The smallest absolute Gasteiger partial charge is 0.333 e. The van der Waals surface area contributed by atoms with Crippen molar-refractivity contribution in [3.63, 3.8) is 0 Å². The van der Waals surface area contributed by atoms with Crippen molar-refractivity contribution in [1.29, 1.82) is 0 Å². The fourth-order valence-electron chi connectivity index (χ4n) is 3.46. The van der Waals surface area contributed by atoms with E-state index < -0.39 is 5.97 Å². The van der Waals surface area contributed by atoms with Gasteiger partial charge in [-0.25, -0.2) is 14.4 Å². The zero-order chi connectivity index (χ0) is 24.1. The molecule has 2 saturated heterocycles. The highest BCUT2D eigenvalue weighted by molar-refractivity contribution is 8.00. The highest BCUT2D eigenvalue weighted by Gasteiger charge is 2.42. The molecule has 186 valence electrons. The Labute approximate surface area is 198 Å². The van der Waals surface area contributed by atoms with Gasteiger partial charge >= 0.3 is 18.0 Å². The van der Waals surface area contributed by atoms with Crippen LogP contribution < -0.4 is 26.6 Å². The van der Waals surface area contributed by atoms with E-state index in [0.29, 0.717) is 43.5 Å². The first kappa shape index (κ1) is 26.8. The SMILES string of the molecule is C=C(C)C(=O)OCCOCCNC(=O)NCCNC(=O)CCCCC1SCC2NC(=O)NC21. The van der Waals surface area contributed by atoms with Crippen molar-refractivity contribution in [3.05, 3.63) is 12.2 Å². The number of rotatable bonds is 15. The van der Waals surface area contributed by atoms with Crippen LogP contribution in [0.15, 0.2) is 12.2 Å². The average molecular weight is 486 g/mol. The van der Waals surface area contributed by atoms with Crippen LogP contribution in [0.3, 0.4) is 0 Å². The van der Waals surface area contributed by atoms with E-state index in [9.17, 15) is 19.2 Å². The molecular weight excluding hydrogens is 450 g/mol. The molecule has 5 N–H and O–H groups in total. The van der Waals surface area contributed by atoms with Crippen LogP contribution in [-0.4, -0.2) is 86.5 Å². The standard InChI is InChI=1S/C21H35N5O6S/c1-14(2)19(28)32-12-11-31-10-9-24-20(29)23-8-7-22-17(27)6-4-3-5-16-18-15(13-33-16)25-21(30)26-18/h15-16,18H,1,3-13H2,2H3,(H,22,27)(H2,23,24,29)(H2,25,26,30). The van der Waals surface area contributed by atoms with E-state index in [2.05, 4.69) is 33.2 Å². The van der Waals surface area contributed by atoms with Crippen molar-refractivity contribution in [2.24, 2.45) is 0 Å². The molecule has 2 aliphatic rings. The number of carbonyl (C=O) groups is 4. The fraction of sp³-hybridized carbons (Fsp3) is 0.714. The van der Waals surface area contributed by atoms with E-state index in [1.165, 1.54) is 0 Å². The van der Waals surface area contributed by atoms with Crippen molar-refractivity contribution in [2.75, 3.05) is 45.2 Å². The van der Waals surface area contributed by atoms with Gasteiger partial charge in [0.25, 0.3) is 0 Å². The molecule has 0 radical (unpaired) electrons. The molecule has 5 amide bonds. The summed E-state index contributed by atoms with van der Waals surface area (Å²) in [6.45, 7) is 6.70. The summed E-state index contributed by atoms with van der Waals surface area (Å²) in [5.74, 6) is 0.447. The summed E-state index contributed by atoms with van der Waals surface area (Å²) in [4.78, 5) is 46.1. The molecule has 2 rings (SSSR count). The number of thioether (sulfide) groups is 1. The number of amides is 5. The second-order valence-corrected chi connectivity index (χ2v) is 9.20. The van der Waals surface area contributed by atoms with E-state index >= 15 is 0 Å². The molecule has 0 spiro atoms. The number of ether oxygens (including phenoxy) is 2. The molecule has 12 heteroatoms. The molecule has 33 heavy (non-hydrogen) atoms. The van der Waals surface area contributed by atoms with Crippen LogP contribution in [0.25, 0.3) is 0 Å². The van der Waals surface area contributed by atoms with Gasteiger partial charge in [0.05, 0.1) is 25.3 Å². The van der Waals surface area contributed by atoms with Gasteiger partial charge in [-0.05, 0) is 19.8 Å². The lowest BCUT2D eigenvalue weighted by Crippen LogP contribution is -2.41. The predicted octanol–water partition coefficient (Wildman–Crippen LogP) is 0.264. The quantitative estimate of drug-likeness (QED) is 0.0968. The maximum Gasteiger partial charge on any atom is 0.333 e. The minimum Gasteiger partial charge on any atom is -0.460 e. The van der Waals surface area contributed by atoms with Crippen LogP contribution in [0.2, 0.25) is 0 Å². The van der Waals surface area contributed by atoms with E-state index in [4.69, 9.17) is 9.47 Å². The molecule has 0 aromatic heterocycles. The highest BCUT2D eigenvalue weighted by Crippen LogP contribution is 2.33. The molecule has 0 saturated carbocycles. The maximum atomic E-state index is 11.9. The predicted molar refractivity (Wildman–Crippen MR) is 125 cm³/mol. The second-order valence-electron chi connectivity index (χ2n) is 7.93. The Balaban J connectivity index is 1.37. The molecular formula is C21H35N5O6S. The number of urea groups is 2. The summed E-state index contributed by atoms with van der Waals surface area (Å²) >= 11 is 1.87. The number of hydrogen-bond acceptors (Lipinski definition) is 7. The topological polar surface area (TPSA) is 147 Å². The van der Waals surface area contributed by atoms with Crippen LogP contribution in [0, 0.1) is 0 Å². The van der Waals surface area contributed by atoms with Crippen molar-refractivity contribution in [1.82, 2.24) is 26.6 Å². The third kappa shape index (κ3) is 10.3. The van der Waals surface area contributed by atoms with Gasteiger partial charge in [-0.15, -0.1) is 0 Å². The summed E-state index contributed by atoms with van der Waals surface area (Å²) in [7, 11) is 0. The molecule has 0 aliphatic carbocycles. The molecule has 0 aromatic rings. The van der Waals surface area contributed by atoms with Crippen molar-refractivity contribution < 1.29 is 28.7 Å². The number of esters is 1. The van der Waals surface area contributed by atoms with Crippen molar-refractivity contribution in [2.45, 2.75) is 49.9 Å². The second kappa shape index (κ2) is 14.6. The zero-order valence-electron chi connectivity index (χ0n) is 19.1. The third-order valence-corrected chi connectivity index (χ3v) is 6.66. The number of fused-ring (bicyclic) bond motifs is 1. The van der Waals surface area contributed by atoms with Gasteiger partial charge in [0.2, 0.25) is 5.91 Å². The number of nitrogens with one attached hydrogen (secondary N) is 5. The first-order chi connectivity index (χ1) is 15.9. The molecule has 2 aliphatic heterocycles. The Morgan fingerprint density at radius 2 is 1.82 bits per heavy atom. The third-order valence-electron chi connectivity index (χ3n) is 5.15. The summed E-state index contributed by atoms with van der Waals surface area (Å²) in [5, 5.41) is 14.4. The monoisotopic (exact) mass is 485 g/mol. The van der Waals surface area contributed by atoms with Crippen LogP contribution in [0.5, 0.6) is 0 Å². The number of carbonyl (C=O) groups excluding carboxylic acids is 4. The zero-order valence-corrected chi connectivity index (χ0v) is 19.9. The molecule has 3 atom stereocenters. The molecule has 0 bridgehead atoms. The number of hydrogen-bond donors (Lipinski definition) is 5. The first-order valence-corrected chi connectivity index (χ1v) is 12.3. The van der Waals surface area contributed by atoms with Gasteiger partial charge in [0, 0.05) is 42.6 Å². The largest absolute Gasteiger partial charge is 0.460 e.